The van der Waals surface area contributed by atoms with Crippen molar-refractivity contribution in [3.8, 4) is 0 Å². The smallest absolute Gasteiger partial charge is 0.544 e. The summed E-state index contributed by atoms with van der Waals surface area (Å²) in [7, 11) is -4.22. The van der Waals surface area contributed by atoms with Gasteiger partial charge in [-0.1, -0.05) is 18.2 Å². The van der Waals surface area contributed by atoms with Gasteiger partial charge in [0.2, 0.25) is 5.90 Å². The first-order valence-corrected chi connectivity index (χ1v) is 6.42. The molecule has 18 heavy (non-hydrogen) atoms. The summed E-state index contributed by atoms with van der Waals surface area (Å²) in [5.41, 5.74) is 0.293. The van der Waals surface area contributed by atoms with Gasteiger partial charge in [0.25, 0.3) is 0 Å². The van der Waals surface area contributed by atoms with Crippen molar-refractivity contribution in [2.45, 2.75) is 13.8 Å². The van der Waals surface area contributed by atoms with Crippen LogP contribution in [-0.4, -0.2) is 20.9 Å². The summed E-state index contributed by atoms with van der Waals surface area (Å²) in [5.74, 6) is 0.187. The third-order valence-corrected chi connectivity index (χ3v) is 2.54. The Morgan fingerprint density at radius 2 is 1.94 bits per heavy atom. The molecule has 0 heterocycles. The zero-order valence-electron chi connectivity index (χ0n) is 10.6. The molecule has 0 radical (unpaired) electrons. The molecule has 0 aliphatic rings. The normalized spacial score (nSPS) is 11.6. The number of benzene rings is 1. The van der Waals surface area contributed by atoms with Crippen LogP contribution in [0.5, 0.6) is 0 Å². The Kier molecular flexibility index (Phi) is 7.49. The van der Waals surface area contributed by atoms with Gasteiger partial charge in [-0.05, 0) is 19.1 Å². The quantitative estimate of drug-likeness (QED) is 0.312. The van der Waals surface area contributed by atoms with Crippen LogP contribution in [0.4, 0.5) is 5.69 Å². The molecular formula is C10H14N3NaO3S. The fourth-order valence-electron chi connectivity index (χ4n) is 1.17. The first-order valence-electron chi connectivity index (χ1n) is 4.98. The van der Waals surface area contributed by atoms with E-state index in [1.165, 1.54) is 6.92 Å². The van der Waals surface area contributed by atoms with E-state index in [0.29, 0.717) is 16.7 Å². The van der Waals surface area contributed by atoms with Crippen molar-refractivity contribution >= 4 is 21.8 Å². The maximum Gasteiger partial charge on any atom is 1.00 e. The van der Waals surface area contributed by atoms with Gasteiger partial charge in [0, 0.05) is 6.92 Å². The van der Waals surface area contributed by atoms with Crippen molar-refractivity contribution in [2.75, 3.05) is 11.0 Å². The molecule has 94 valence electrons. The van der Waals surface area contributed by atoms with Crippen LogP contribution >= 0.6 is 0 Å². The Bertz CT molecular complexity index is 490. The molecule has 0 bridgehead atoms. The van der Waals surface area contributed by atoms with Crippen LogP contribution in [0.3, 0.4) is 0 Å². The molecule has 0 aromatic heterocycles. The van der Waals surface area contributed by atoms with E-state index in [-0.39, 0.29) is 35.5 Å². The topological polar surface area (TPSA) is 82.8 Å². The molecule has 0 fully saturated rings. The van der Waals surface area contributed by atoms with Gasteiger partial charge in [-0.2, -0.15) is 4.41 Å². The molecule has 0 saturated heterocycles. The second-order valence-corrected chi connectivity index (χ2v) is 4.43. The number of anilines is 1. The maximum atomic E-state index is 11.3. The molecule has 0 atom stereocenters. The number of hydrazone groups is 1. The molecule has 0 saturated carbocycles. The molecule has 0 amide bonds. The molecule has 1 N–H and O–H groups in total. The predicted octanol–water partition coefficient (Wildman–Crippen LogP) is -0.836. The second-order valence-electron chi connectivity index (χ2n) is 3.14. The van der Waals surface area contributed by atoms with Crippen LogP contribution in [0, 0.1) is 0 Å². The summed E-state index contributed by atoms with van der Waals surface area (Å²) < 4.78 is 28.3. The SMILES string of the molecule is CCO/C(C)=N\N(c1ccccc1)S([NH-])(=O)=O.[Na+]. The number of para-hydroxylation sites is 1. The zero-order chi connectivity index (χ0) is 12.9. The van der Waals surface area contributed by atoms with Crippen molar-refractivity contribution < 1.29 is 42.7 Å². The molecule has 0 aliphatic heterocycles. The molecule has 1 aromatic carbocycles. The summed E-state index contributed by atoms with van der Waals surface area (Å²) in [6.45, 7) is 3.68. The van der Waals surface area contributed by atoms with Gasteiger partial charge in [0.15, 0.2) is 10.2 Å². The van der Waals surface area contributed by atoms with E-state index in [2.05, 4.69) is 5.10 Å². The minimum atomic E-state index is -4.22. The summed E-state index contributed by atoms with van der Waals surface area (Å²) in [5, 5.41) is 10.8. The van der Waals surface area contributed by atoms with Gasteiger partial charge in [0.1, 0.15) is 0 Å². The molecule has 8 heteroatoms. The number of hydrogen-bond acceptors (Lipinski definition) is 4. The van der Waals surface area contributed by atoms with Gasteiger partial charge in [0.05, 0.1) is 12.3 Å². The average molecular weight is 279 g/mol. The number of nitrogens with one attached hydrogen (secondary N) is 1. The monoisotopic (exact) mass is 279 g/mol. The number of rotatable bonds is 4. The molecule has 6 nitrogen and oxygen atoms in total. The third kappa shape index (κ3) is 5.36. The summed E-state index contributed by atoms with van der Waals surface area (Å²) in [6, 6.07) is 8.18. The van der Waals surface area contributed by atoms with Crippen LogP contribution in [0.15, 0.2) is 35.4 Å². The van der Waals surface area contributed by atoms with Crippen molar-refractivity contribution in [2.24, 2.45) is 5.10 Å². The average Bonchev–Trinajstić information content (AvgIpc) is 2.26. The van der Waals surface area contributed by atoms with Crippen LogP contribution in [-0.2, 0) is 14.9 Å². The summed E-state index contributed by atoms with van der Waals surface area (Å²) >= 11 is 0. The van der Waals surface area contributed by atoms with E-state index in [4.69, 9.17) is 9.88 Å². The van der Waals surface area contributed by atoms with Gasteiger partial charge < -0.3 is 9.88 Å². The van der Waals surface area contributed by atoms with Gasteiger partial charge in [-0.15, -0.1) is 5.10 Å². The molecule has 1 aromatic rings. The van der Waals surface area contributed by atoms with Crippen LogP contribution in [0.25, 0.3) is 5.14 Å². The summed E-state index contributed by atoms with van der Waals surface area (Å²) in [6.07, 6.45) is 0. The minimum absolute atomic E-state index is 0. The van der Waals surface area contributed by atoms with Crippen molar-refractivity contribution in [1.82, 2.24) is 0 Å². The number of hydrogen-bond donors (Lipinski definition) is 0. The molecule has 0 unspecified atom stereocenters. The Labute approximate surface area is 129 Å². The van der Waals surface area contributed by atoms with Crippen LogP contribution < -0.4 is 34.0 Å². The van der Waals surface area contributed by atoms with Crippen molar-refractivity contribution in [1.29, 1.82) is 0 Å². The van der Waals surface area contributed by atoms with Gasteiger partial charge in [-0.3, -0.25) is 0 Å². The first kappa shape index (κ1) is 17.4. The summed E-state index contributed by atoms with van der Waals surface area (Å²) in [4.78, 5) is 0. The maximum absolute atomic E-state index is 11.3. The van der Waals surface area contributed by atoms with E-state index >= 15 is 0 Å². The fraction of sp³-hybridized carbons (Fsp3) is 0.300. The molecule has 0 spiro atoms. The molecular weight excluding hydrogens is 265 g/mol. The standard InChI is InChI=1S/C10H14N3O3S.Na/c1-3-16-9(2)12-13(17(11,14)15)10-7-5-4-6-8-10;/h4-8H,3H2,1-2H3,(H-,11,14,15);/q-1;+1/b12-9-;. The van der Waals surface area contributed by atoms with Gasteiger partial charge in [-0.25, -0.2) is 8.42 Å². The zero-order valence-corrected chi connectivity index (χ0v) is 13.4. The number of nitrogens with zero attached hydrogens (tertiary/aromatic N) is 2. The Morgan fingerprint density at radius 1 is 1.39 bits per heavy atom. The largest absolute Gasteiger partial charge is 1.00 e. The van der Waals surface area contributed by atoms with E-state index in [1.54, 1.807) is 37.3 Å². The fourth-order valence-corrected chi connectivity index (χ4v) is 1.79. The Balaban J connectivity index is 0.00000289. The van der Waals surface area contributed by atoms with Crippen LogP contribution in [0.1, 0.15) is 13.8 Å². The number of ether oxygens (including phenoxy) is 1. The third-order valence-electron chi connectivity index (χ3n) is 1.79. The molecule has 0 aliphatic carbocycles. The van der Waals surface area contributed by atoms with Crippen molar-refractivity contribution in [3.63, 3.8) is 0 Å². The Morgan fingerprint density at radius 3 is 2.39 bits per heavy atom. The Hall–Kier alpha value is -0.600. The van der Waals surface area contributed by atoms with E-state index in [1.807, 2.05) is 0 Å². The van der Waals surface area contributed by atoms with Gasteiger partial charge >= 0.3 is 29.6 Å². The van der Waals surface area contributed by atoms with E-state index < -0.39 is 10.2 Å². The van der Waals surface area contributed by atoms with Crippen LogP contribution in [0.2, 0.25) is 0 Å². The van der Waals surface area contributed by atoms with Crippen molar-refractivity contribution in [3.05, 3.63) is 35.5 Å². The minimum Gasteiger partial charge on any atom is -0.544 e. The van der Waals surface area contributed by atoms with E-state index in [9.17, 15) is 8.42 Å². The van der Waals surface area contributed by atoms with E-state index in [0.717, 1.165) is 0 Å². The molecule has 1 rings (SSSR count). The predicted molar refractivity (Wildman–Crippen MR) is 66.9 cm³/mol. The first-order chi connectivity index (χ1) is 7.95. The second kappa shape index (κ2) is 7.75.